The molecule has 1 aliphatic heterocycles. The maximum atomic E-state index is 12.9. The lowest BCUT2D eigenvalue weighted by Gasteiger charge is -2.14. The highest BCUT2D eigenvalue weighted by Crippen LogP contribution is 2.19. The number of aryl methyl sites for hydroxylation is 3. The highest BCUT2D eigenvalue weighted by Gasteiger charge is 2.21. The Balaban J connectivity index is 1.72. The van der Waals surface area contributed by atoms with Crippen LogP contribution in [0.3, 0.4) is 0 Å². The van der Waals surface area contributed by atoms with Crippen molar-refractivity contribution in [1.82, 2.24) is 24.1 Å². The van der Waals surface area contributed by atoms with E-state index in [1.807, 2.05) is 32.9 Å². The van der Waals surface area contributed by atoms with E-state index in [2.05, 4.69) is 21.5 Å². The van der Waals surface area contributed by atoms with Gasteiger partial charge in [-0.2, -0.15) is 0 Å². The van der Waals surface area contributed by atoms with Gasteiger partial charge in [-0.15, -0.1) is 5.10 Å². The Labute approximate surface area is 162 Å². The average molecular weight is 380 g/mol. The van der Waals surface area contributed by atoms with Crippen LogP contribution >= 0.6 is 0 Å². The second-order valence-electron chi connectivity index (χ2n) is 7.44. The summed E-state index contributed by atoms with van der Waals surface area (Å²) in [5.41, 5.74) is 3.92. The van der Waals surface area contributed by atoms with E-state index in [1.165, 1.54) is 9.08 Å². The smallest absolute Gasteiger partial charge is 0.341 e. The topological polar surface area (TPSA) is 84.5 Å². The number of hydrogen-bond acceptors (Lipinski definition) is 5. The van der Waals surface area contributed by atoms with Crippen LogP contribution in [0, 0.1) is 20.8 Å². The molecule has 3 heterocycles. The lowest BCUT2D eigenvalue weighted by Crippen LogP contribution is -2.35. The molecule has 0 spiro atoms. The number of nitrogens with zero attached hydrogens (tertiary/aromatic N) is 5. The van der Waals surface area contributed by atoms with Gasteiger partial charge >= 0.3 is 5.69 Å². The van der Waals surface area contributed by atoms with Crippen LogP contribution in [-0.4, -0.2) is 43.1 Å². The maximum Gasteiger partial charge on any atom is 0.353 e. The fraction of sp³-hybridized carbons (Fsp3) is 0.400. The minimum absolute atomic E-state index is 0.0530. The zero-order chi connectivity index (χ0) is 19.8. The first-order valence-electron chi connectivity index (χ1n) is 9.51. The average Bonchev–Trinajstić information content (AvgIpc) is 3.23. The number of nitrogens with one attached hydrogen (secondary N) is 1. The van der Waals surface area contributed by atoms with Crippen LogP contribution in [0.2, 0.25) is 0 Å². The van der Waals surface area contributed by atoms with E-state index in [0.29, 0.717) is 11.6 Å². The number of anilines is 2. The zero-order valence-electron chi connectivity index (χ0n) is 16.4. The predicted octanol–water partition coefficient (Wildman–Crippen LogP) is 2.18. The predicted molar refractivity (Wildman–Crippen MR) is 107 cm³/mol. The summed E-state index contributed by atoms with van der Waals surface area (Å²) < 4.78 is 2.64. The van der Waals surface area contributed by atoms with Gasteiger partial charge in [0.05, 0.1) is 0 Å². The van der Waals surface area contributed by atoms with Crippen molar-refractivity contribution >= 4 is 23.2 Å². The molecule has 1 aliphatic rings. The molecule has 1 fully saturated rings. The number of carbonyl (C=O) groups is 1. The molecule has 2 aromatic heterocycles. The van der Waals surface area contributed by atoms with E-state index in [4.69, 9.17) is 0 Å². The number of hydrogen-bond donors (Lipinski definition) is 1. The molecule has 1 amide bonds. The van der Waals surface area contributed by atoms with Crippen molar-refractivity contribution in [3.8, 4) is 0 Å². The number of fused-ring (bicyclic) bond motifs is 1. The third-order valence-corrected chi connectivity index (χ3v) is 4.92. The molecule has 8 nitrogen and oxygen atoms in total. The van der Waals surface area contributed by atoms with Crippen LogP contribution in [0.1, 0.15) is 29.7 Å². The molecular formula is C20H24N6O2. The van der Waals surface area contributed by atoms with Gasteiger partial charge in [0.25, 0.3) is 0 Å². The van der Waals surface area contributed by atoms with Crippen LogP contribution in [0.15, 0.2) is 29.1 Å². The van der Waals surface area contributed by atoms with Gasteiger partial charge in [0.2, 0.25) is 11.9 Å². The molecule has 0 saturated carbocycles. The third kappa shape index (κ3) is 3.49. The Kier molecular flexibility index (Phi) is 4.62. The zero-order valence-corrected chi connectivity index (χ0v) is 16.4. The SMILES string of the molecule is Cc1cc(C)cc(Nc2nc(C)cc3nn(CC(=O)N4CCCC4)c(=O)n23)c1. The summed E-state index contributed by atoms with van der Waals surface area (Å²) in [6.45, 7) is 7.34. The van der Waals surface area contributed by atoms with Gasteiger partial charge in [0.15, 0.2) is 5.65 Å². The summed E-state index contributed by atoms with van der Waals surface area (Å²) in [4.78, 5) is 31.7. The highest BCUT2D eigenvalue weighted by molar-refractivity contribution is 5.76. The van der Waals surface area contributed by atoms with Gasteiger partial charge < -0.3 is 10.2 Å². The molecule has 0 bridgehead atoms. The number of benzene rings is 1. The molecule has 0 radical (unpaired) electrons. The van der Waals surface area contributed by atoms with Crippen molar-refractivity contribution < 1.29 is 4.79 Å². The first-order chi connectivity index (χ1) is 13.4. The molecule has 0 unspecified atom stereocenters. The van der Waals surface area contributed by atoms with Crippen LogP contribution in [0.5, 0.6) is 0 Å². The highest BCUT2D eigenvalue weighted by atomic mass is 16.2. The molecule has 8 heteroatoms. The molecule has 1 saturated heterocycles. The van der Waals surface area contributed by atoms with Crippen LogP contribution in [0.4, 0.5) is 11.6 Å². The van der Waals surface area contributed by atoms with Crippen molar-refractivity contribution in [1.29, 1.82) is 0 Å². The second kappa shape index (κ2) is 7.10. The minimum atomic E-state index is -0.373. The van der Waals surface area contributed by atoms with Crippen molar-refractivity contribution in [2.75, 3.05) is 18.4 Å². The van der Waals surface area contributed by atoms with E-state index >= 15 is 0 Å². The summed E-state index contributed by atoms with van der Waals surface area (Å²) in [6, 6.07) is 7.81. The lowest BCUT2D eigenvalue weighted by atomic mass is 10.1. The van der Waals surface area contributed by atoms with E-state index in [1.54, 1.807) is 11.0 Å². The van der Waals surface area contributed by atoms with Gasteiger partial charge in [-0.3, -0.25) is 4.79 Å². The molecular weight excluding hydrogens is 356 g/mol. The van der Waals surface area contributed by atoms with Gasteiger partial charge in [0, 0.05) is 30.5 Å². The van der Waals surface area contributed by atoms with Crippen LogP contribution in [-0.2, 0) is 11.3 Å². The molecule has 4 rings (SSSR count). The van der Waals surface area contributed by atoms with E-state index in [0.717, 1.165) is 48.4 Å². The summed E-state index contributed by atoms with van der Waals surface area (Å²) in [5, 5.41) is 7.60. The molecule has 28 heavy (non-hydrogen) atoms. The standard InChI is InChI=1S/C20H24N6O2/c1-13-8-14(2)10-16(9-13)22-19-21-15(3)11-17-23-25(20(28)26(17)19)12-18(27)24-6-4-5-7-24/h8-11H,4-7,12H2,1-3H3,(H,21,22). The summed E-state index contributed by atoms with van der Waals surface area (Å²) in [7, 11) is 0. The quantitative estimate of drug-likeness (QED) is 0.750. The summed E-state index contributed by atoms with van der Waals surface area (Å²) >= 11 is 0. The molecule has 0 atom stereocenters. The van der Waals surface area contributed by atoms with Gasteiger partial charge in [0.1, 0.15) is 6.54 Å². The Morgan fingerprint density at radius 1 is 1.07 bits per heavy atom. The number of amides is 1. The van der Waals surface area contributed by atoms with Gasteiger partial charge in [-0.1, -0.05) is 6.07 Å². The Morgan fingerprint density at radius 2 is 1.75 bits per heavy atom. The number of rotatable bonds is 4. The second-order valence-corrected chi connectivity index (χ2v) is 7.44. The number of carbonyl (C=O) groups excluding carboxylic acids is 1. The van der Waals surface area contributed by atoms with E-state index in [-0.39, 0.29) is 18.1 Å². The third-order valence-electron chi connectivity index (χ3n) is 4.92. The minimum Gasteiger partial charge on any atom is -0.341 e. The van der Waals surface area contributed by atoms with Gasteiger partial charge in [-0.05, 0) is 56.9 Å². The van der Waals surface area contributed by atoms with Crippen molar-refractivity contribution in [2.45, 2.75) is 40.2 Å². The number of aromatic nitrogens is 4. The van der Waals surface area contributed by atoms with Crippen molar-refractivity contribution in [2.24, 2.45) is 0 Å². The first kappa shape index (κ1) is 18.2. The van der Waals surface area contributed by atoms with Gasteiger partial charge in [-0.25, -0.2) is 18.9 Å². The monoisotopic (exact) mass is 380 g/mol. The lowest BCUT2D eigenvalue weighted by molar-refractivity contribution is -0.131. The van der Waals surface area contributed by atoms with Crippen molar-refractivity contribution in [3.05, 3.63) is 51.6 Å². The van der Waals surface area contributed by atoms with E-state index < -0.39 is 0 Å². The normalized spacial score (nSPS) is 14.0. The fourth-order valence-corrected chi connectivity index (χ4v) is 3.71. The first-order valence-corrected chi connectivity index (χ1v) is 9.51. The fourth-order valence-electron chi connectivity index (χ4n) is 3.71. The van der Waals surface area contributed by atoms with Crippen LogP contribution in [0.25, 0.3) is 5.65 Å². The largest absolute Gasteiger partial charge is 0.353 e. The summed E-state index contributed by atoms with van der Waals surface area (Å²) in [5.74, 6) is 0.321. The Morgan fingerprint density at radius 3 is 2.43 bits per heavy atom. The molecule has 146 valence electrons. The molecule has 1 aromatic carbocycles. The molecule has 0 aliphatic carbocycles. The molecule has 1 N–H and O–H groups in total. The summed E-state index contributed by atoms with van der Waals surface area (Å²) in [6.07, 6.45) is 2.03. The Bertz CT molecular complexity index is 1090. The van der Waals surface area contributed by atoms with Crippen molar-refractivity contribution in [3.63, 3.8) is 0 Å². The maximum absolute atomic E-state index is 12.9. The van der Waals surface area contributed by atoms with Crippen LogP contribution < -0.4 is 11.0 Å². The molecule has 3 aromatic rings. The Hall–Kier alpha value is -3.16. The number of likely N-dealkylation sites (tertiary alicyclic amines) is 1. The van der Waals surface area contributed by atoms with E-state index in [9.17, 15) is 9.59 Å².